The van der Waals surface area contributed by atoms with Crippen LogP contribution in [-0.4, -0.2) is 32.1 Å². The van der Waals surface area contributed by atoms with Gasteiger partial charge < -0.3 is 16.0 Å². The van der Waals surface area contributed by atoms with Crippen molar-refractivity contribution in [2.24, 2.45) is 11.7 Å². The molecule has 0 aliphatic rings. The van der Waals surface area contributed by atoms with Crippen LogP contribution in [0.2, 0.25) is 0 Å². The summed E-state index contributed by atoms with van der Waals surface area (Å²) < 4.78 is 0. The molecule has 2 unspecified atom stereocenters. The lowest BCUT2D eigenvalue weighted by Gasteiger charge is -2.21. The molecule has 20 heavy (non-hydrogen) atoms. The molecule has 4 nitrogen and oxygen atoms in total. The topological polar surface area (TPSA) is 58.4 Å². The van der Waals surface area contributed by atoms with Gasteiger partial charge >= 0.3 is 0 Å². The van der Waals surface area contributed by atoms with Crippen LogP contribution in [0.15, 0.2) is 30.3 Å². The molecule has 1 amide bonds. The third-order valence-corrected chi connectivity index (χ3v) is 3.50. The Morgan fingerprint density at radius 2 is 1.95 bits per heavy atom. The molecule has 0 radical (unpaired) electrons. The molecule has 3 N–H and O–H groups in total. The van der Waals surface area contributed by atoms with E-state index in [1.165, 1.54) is 0 Å². The first-order valence-electron chi connectivity index (χ1n) is 6.85. The maximum absolute atomic E-state index is 11.8. The number of anilines is 1. The van der Waals surface area contributed by atoms with Crippen molar-refractivity contribution in [1.29, 1.82) is 0 Å². The summed E-state index contributed by atoms with van der Waals surface area (Å²) in [4.78, 5) is 13.9. The van der Waals surface area contributed by atoms with Crippen LogP contribution < -0.4 is 16.0 Å². The van der Waals surface area contributed by atoms with Gasteiger partial charge in [0.25, 0.3) is 0 Å². The highest BCUT2D eigenvalue weighted by molar-refractivity contribution is 5.85. The molecule has 0 fully saturated rings. The van der Waals surface area contributed by atoms with Gasteiger partial charge in [0, 0.05) is 25.8 Å². The molecular formula is C15H26ClN3O. The Kier molecular flexibility index (Phi) is 9.01. The molecule has 0 aromatic heterocycles. The van der Waals surface area contributed by atoms with Crippen LogP contribution in [0.4, 0.5) is 5.69 Å². The van der Waals surface area contributed by atoms with Crippen LogP contribution in [-0.2, 0) is 4.79 Å². The zero-order valence-corrected chi connectivity index (χ0v) is 13.3. The standard InChI is InChI=1S/C15H25N3O.ClH/c1-4-12(2)14(16)15(19)17-10-11-18(3)13-8-6-5-7-9-13;/h5-9,12,14H,4,10-11,16H2,1-3H3,(H,17,19);1H. The van der Waals surface area contributed by atoms with Gasteiger partial charge in [-0.25, -0.2) is 0 Å². The van der Waals surface area contributed by atoms with E-state index in [2.05, 4.69) is 10.2 Å². The number of para-hydroxylation sites is 1. The minimum absolute atomic E-state index is 0. The monoisotopic (exact) mass is 299 g/mol. The number of carbonyl (C=O) groups excluding carboxylic acids is 1. The first-order valence-corrected chi connectivity index (χ1v) is 6.85. The Labute approximate surface area is 128 Å². The largest absolute Gasteiger partial charge is 0.373 e. The zero-order valence-electron chi connectivity index (χ0n) is 12.5. The van der Waals surface area contributed by atoms with Crippen molar-refractivity contribution >= 4 is 24.0 Å². The lowest BCUT2D eigenvalue weighted by Crippen LogP contribution is -2.46. The molecule has 2 atom stereocenters. The van der Waals surface area contributed by atoms with Crippen LogP contribution >= 0.6 is 12.4 Å². The molecule has 0 spiro atoms. The average molecular weight is 300 g/mol. The molecule has 0 heterocycles. The summed E-state index contributed by atoms with van der Waals surface area (Å²) in [6, 6.07) is 9.68. The predicted molar refractivity (Wildman–Crippen MR) is 87.4 cm³/mol. The number of nitrogens with one attached hydrogen (secondary N) is 1. The first kappa shape index (κ1) is 18.7. The van der Waals surface area contributed by atoms with E-state index in [4.69, 9.17) is 5.73 Å². The highest BCUT2D eigenvalue weighted by atomic mass is 35.5. The van der Waals surface area contributed by atoms with Crippen LogP contribution in [0.5, 0.6) is 0 Å². The summed E-state index contributed by atoms with van der Waals surface area (Å²) in [5.74, 6) is 0.155. The van der Waals surface area contributed by atoms with E-state index in [0.29, 0.717) is 6.54 Å². The van der Waals surface area contributed by atoms with Gasteiger partial charge in [0.2, 0.25) is 5.91 Å². The minimum Gasteiger partial charge on any atom is -0.373 e. The number of nitrogens with two attached hydrogens (primary N) is 1. The number of benzene rings is 1. The van der Waals surface area contributed by atoms with Crippen LogP contribution in [0.1, 0.15) is 20.3 Å². The van der Waals surface area contributed by atoms with Gasteiger partial charge in [-0.3, -0.25) is 4.79 Å². The predicted octanol–water partition coefficient (Wildman–Crippen LogP) is 2.03. The highest BCUT2D eigenvalue weighted by Crippen LogP contribution is 2.10. The number of nitrogens with zero attached hydrogens (tertiary/aromatic N) is 1. The summed E-state index contributed by atoms with van der Waals surface area (Å²) >= 11 is 0. The third-order valence-electron chi connectivity index (χ3n) is 3.50. The van der Waals surface area contributed by atoms with Gasteiger partial charge in [0.15, 0.2) is 0 Å². The molecule has 0 aliphatic heterocycles. The van der Waals surface area contributed by atoms with E-state index in [-0.39, 0.29) is 24.2 Å². The first-order chi connectivity index (χ1) is 9.06. The molecule has 1 aromatic rings. The van der Waals surface area contributed by atoms with Crippen LogP contribution in [0, 0.1) is 5.92 Å². The van der Waals surface area contributed by atoms with Gasteiger partial charge in [-0.1, -0.05) is 38.5 Å². The fraction of sp³-hybridized carbons (Fsp3) is 0.533. The van der Waals surface area contributed by atoms with Crippen molar-refractivity contribution in [3.05, 3.63) is 30.3 Å². The van der Waals surface area contributed by atoms with Gasteiger partial charge in [-0.15, -0.1) is 12.4 Å². The van der Waals surface area contributed by atoms with Crippen LogP contribution in [0.3, 0.4) is 0 Å². The second kappa shape index (κ2) is 9.61. The number of hydrogen-bond donors (Lipinski definition) is 2. The Bertz CT molecular complexity index is 386. The van der Waals surface area contributed by atoms with Crippen molar-refractivity contribution in [3.63, 3.8) is 0 Å². The molecule has 0 aliphatic carbocycles. The fourth-order valence-corrected chi connectivity index (χ4v) is 1.79. The van der Waals surface area contributed by atoms with Crippen molar-refractivity contribution in [2.45, 2.75) is 26.3 Å². The zero-order chi connectivity index (χ0) is 14.3. The number of carbonyl (C=O) groups is 1. The molecule has 5 heteroatoms. The summed E-state index contributed by atoms with van der Waals surface area (Å²) in [6.07, 6.45) is 0.915. The second-order valence-electron chi connectivity index (χ2n) is 4.96. The van der Waals surface area contributed by atoms with E-state index >= 15 is 0 Å². The van der Waals surface area contributed by atoms with E-state index in [0.717, 1.165) is 18.7 Å². The molecule has 114 valence electrons. The van der Waals surface area contributed by atoms with Crippen LogP contribution in [0.25, 0.3) is 0 Å². The number of likely N-dealkylation sites (N-methyl/N-ethyl adjacent to an activating group) is 1. The van der Waals surface area contributed by atoms with Gasteiger partial charge in [0.05, 0.1) is 6.04 Å². The summed E-state index contributed by atoms with van der Waals surface area (Å²) in [5.41, 5.74) is 7.02. The van der Waals surface area contributed by atoms with Crippen molar-refractivity contribution < 1.29 is 4.79 Å². The number of halogens is 1. The van der Waals surface area contributed by atoms with E-state index in [1.54, 1.807) is 0 Å². The Morgan fingerprint density at radius 3 is 2.50 bits per heavy atom. The Hall–Kier alpha value is -1.26. The summed E-state index contributed by atoms with van der Waals surface area (Å²) in [7, 11) is 2.01. The van der Waals surface area contributed by atoms with Crippen molar-refractivity contribution in [1.82, 2.24) is 5.32 Å². The van der Waals surface area contributed by atoms with E-state index in [1.807, 2.05) is 51.2 Å². The van der Waals surface area contributed by atoms with E-state index in [9.17, 15) is 4.79 Å². The SMILES string of the molecule is CCC(C)C(N)C(=O)NCCN(C)c1ccccc1.Cl. The number of amides is 1. The van der Waals surface area contributed by atoms with E-state index < -0.39 is 6.04 Å². The summed E-state index contributed by atoms with van der Waals surface area (Å²) in [6.45, 7) is 5.42. The molecule has 1 aromatic carbocycles. The number of rotatable bonds is 7. The highest BCUT2D eigenvalue weighted by Gasteiger charge is 2.18. The second-order valence-corrected chi connectivity index (χ2v) is 4.96. The molecular weight excluding hydrogens is 274 g/mol. The minimum atomic E-state index is -0.410. The smallest absolute Gasteiger partial charge is 0.237 e. The fourth-order valence-electron chi connectivity index (χ4n) is 1.79. The van der Waals surface area contributed by atoms with Crippen molar-refractivity contribution in [2.75, 3.05) is 25.0 Å². The Morgan fingerprint density at radius 1 is 1.35 bits per heavy atom. The van der Waals surface area contributed by atoms with Gasteiger partial charge in [-0.2, -0.15) is 0 Å². The van der Waals surface area contributed by atoms with Crippen molar-refractivity contribution in [3.8, 4) is 0 Å². The number of hydrogen-bond acceptors (Lipinski definition) is 3. The average Bonchev–Trinajstić information content (AvgIpc) is 2.46. The van der Waals surface area contributed by atoms with Gasteiger partial charge in [-0.05, 0) is 18.1 Å². The molecule has 0 bridgehead atoms. The maximum Gasteiger partial charge on any atom is 0.237 e. The molecule has 0 saturated heterocycles. The maximum atomic E-state index is 11.8. The lowest BCUT2D eigenvalue weighted by atomic mass is 9.99. The Balaban J connectivity index is 0.00000361. The third kappa shape index (κ3) is 5.80. The summed E-state index contributed by atoms with van der Waals surface area (Å²) in [5, 5.41) is 2.89. The quantitative estimate of drug-likeness (QED) is 0.810. The normalized spacial score (nSPS) is 13.0. The molecule has 0 saturated carbocycles. The molecule has 1 rings (SSSR count). The van der Waals surface area contributed by atoms with Gasteiger partial charge in [0.1, 0.15) is 0 Å². The lowest BCUT2D eigenvalue weighted by molar-refractivity contribution is -0.123.